The fourth-order valence-electron chi connectivity index (χ4n) is 3.28. The first-order chi connectivity index (χ1) is 14.0. The lowest BCUT2D eigenvalue weighted by molar-refractivity contribution is -0.0123. The fraction of sp³-hybridized carbons (Fsp3) is 0.200. The van der Waals surface area contributed by atoms with E-state index in [4.69, 9.17) is 0 Å². The quantitative estimate of drug-likeness (QED) is 0.542. The molecule has 2 aromatic heterocycles. The first kappa shape index (κ1) is 18.9. The van der Waals surface area contributed by atoms with E-state index in [9.17, 15) is 13.9 Å². The second-order valence-corrected chi connectivity index (χ2v) is 6.79. The Morgan fingerprint density at radius 2 is 1.93 bits per heavy atom. The number of benzene rings is 2. The zero-order valence-electron chi connectivity index (χ0n) is 15.5. The van der Waals surface area contributed by atoms with Crippen LogP contribution in [-0.2, 0) is 12.1 Å². The summed E-state index contributed by atoms with van der Waals surface area (Å²) >= 11 is 0. The molecule has 0 bridgehead atoms. The lowest BCUT2D eigenvalue weighted by atomic mass is 9.80. The molecule has 4 aromatic rings. The van der Waals surface area contributed by atoms with Gasteiger partial charge in [-0.2, -0.15) is 5.10 Å². The van der Waals surface area contributed by atoms with Crippen molar-refractivity contribution in [2.75, 3.05) is 0 Å². The summed E-state index contributed by atoms with van der Waals surface area (Å²) in [6.45, 7) is 1.61. The van der Waals surface area contributed by atoms with Crippen molar-refractivity contribution in [1.82, 2.24) is 29.8 Å². The molecule has 2 heterocycles. The van der Waals surface area contributed by atoms with Crippen LogP contribution in [0.4, 0.5) is 8.78 Å². The summed E-state index contributed by atoms with van der Waals surface area (Å²) in [5.74, 6) is -2.27. The number of aromatic nitrogens is 6. The topological polar surface area (TPSA) is 81.6 Å². The Hall–Kier alpha value is -3.46. The number of aliphatic hydroxyl groups is 1. The van der Waals surface area contributed by atoms with Gasteiger partial charge in [-0.3, -0.25) is 0 Å². The minimum Gasteiger partial charge on any atom is -0.382 e. The molecule has 29 heavy (non-hydrogen) atoms. The highest BCUT2D eigenvalue weighted by Crippen LogP contribution is 2.39. The highest BCUT2D eigenvalue weighted by molar-refractivity contribution is 5.32. The molecule has 2 aromatic carbocycles. The first-order valence-electron chi connectivity index (χ1n) is 8.95. The minimum absolute atomic E-state index is 0.0591. The van der Waals surface area contributed by atoms with Crippen molar-refractivity contribution in [3.63, 3.8) is 0 Å². The lowest BCUT2D eigenvalue weighted by Gasteiger charge is -2.33. The van der Waals surface area contributed by atoms with Gasteiger partial charge in [0, 0.05) is 17.5 Å². The van der Waals surface area contributed by atoms with E-state index in [0.29, 0.717) is 5.69 Å². The van der Waals surface area contributed by atoms with Gasteiger partial charge < -0.3 is 5.11 Å². The van der Waals surface area contributed by atoms with Crippen LogP contribution in [0.15, 0.2) is 67.4 Å². The molecule has 2 atom stereocenters. The third kappa shape index (κ3) is 3.64. The SMILES string of the molecule is C[C@@H](c1cn(-c2ccccc2)nn1)[C@](O)(Cn1cncn1)c1ccc(F)cc1F. The molecule has 0 fully saturated rings. The maximum absolute atomic E-state index is 14.6. The Morgan fingerprint density at radius 3 is 2.62 bits per heavy atom. The van der Waals surface area contributed by atoms with E-state index in [1.54, 1.807) is 17.8 Å². The van der Waals surface area contributed by atoms with E-state index in [1.165, 1.54) is 23.4 Å². The van der Waals surface area contributed by atoms with Crippen LogP contribution in [0.3, 0.4) is 0 Å². The van der Waals surface area contributed by atoms with Gasteiger partial charge >= 0.3 is 0 Å². The molecule has 0 radical (unpaired) electrons. The minimum atomic E-state index is -1.77. The summed E-state index contributed by atoms with van der Waals surface area (Å²) in [6, 6.07) is 12.4. The van der Waals surface area contributed by atoms with Crippen LogP contribution in [0.2, 0.25) is 0 Å². The van der Waals surface area contributed by atoms with Gasteiger partial charge in [-0.25, -0.2) is 23.1 Å². The van der Waals surface area contributed by atoms with E-state index < -0.39 is 23.2 Å². The standard InChI is InChI=1S/C20H18F2N6O/c1-14(19-10-28(26-25-19)16-5-3-2-4-6-16)20(29,11-27-13-23-12-24-27)17-8-7-15(21)9-18(17)22/h2-10,12-14,29H,11H2,1H3/t14-,20+/m0/s1. The van der Waals surface area contributed by atoms with Gasteiger partial charge in [0.2, 0.25) is 0 Å². The molecule has 0 unspecified atom stereocenters. The van der Waals surface area contributed by atoms with Crippen LogP contribution in [0.25, 0.3) is 5.69 Å². The maximum Gasteiger partial charge on any atom is 0.137 e. The molecule has 0 aliphatic heterocycles. The molecular weight excluding hydrogens is 378 g/mol. The van der Waals surface area contributed by atoms with Crippen LogP contribution >= 0.6 is 0 Å². The van der Waals surface area contributed by atoms with Crippen molar-refractivity contribution in [2.45, 2.75) is 25.0 Å². The van der Waals surface area contributed by atoms with Crippen molar-refractivity contribution in [2.24, 2.45) is 0 Å². The van der Waals surface area contributed by atoms with Crippen LogP contribution in [0.5, 0.6) is 0 Å². The van der Waals surface area contributed by atoms with E-state index >= 15 is 0 Å². The molecule has 0 amide bonds. The van der Waals surface area contributed by atoms with Crippen LogP contribution < -0.4 is 0 Å². The van der Waals surface area contributed by atoms with E-state index in [1.807, 2.05) is 30.3 Å². The van der Waals surface area contributed by atoms with E-state index in [2.05, 4.69) is 20.4 Å². The molecule has 0 spiro atoms. The maximum atomic E-state index is 14.6. The van der Waals surface area contributed by atoms with Crippen molar-refractivity contribution < 1.29 is 13.9 Å². The zero-order chi connectivity index (χ0) is 20.4. The van der Waals surface area contributed by atoms with E-state index in [-0.39, 0.29) is 12.1 Å². The average Bonchev–Trinajstić information content (AvgIpc) is 3.40. The molecule has 1 N–H and O–H groups in total. The van der Waals surface area contributed by atoms with Crippen molar-refractivity contribution >= 4 is 0 Å². The normalized spacial score (nSPS) is 14.5. The monoisotopic (exact) mass is 396 g/mol. The largest absolute Gasteiger partial charge is 0.382 e. The van der Waals surface area contributed by atoms with Gasteiger partial charge in [0.1, 0.15) is 29.9 Å². The summed E-state index contributed by atoms with van der Waals surface area (Å²) < 4.78 is 31.0. The number of hydrogen-bond acceptors (Lipinski definition) is 5. The molecule has 0 saturated carbocycles. The number of halogens is 2. The van der Waals surface area contributed by atoms with Crippen LogP contribution in [0.1, 0.15) is 24.1 Å². The molecular formula is C20H18F2N6O. The van der Waals surface area contributed by atoms with Crippen LogP contribution in [-0.4, -0.2) is 34.9 Å². The highest BCUT2D eigenvalue weighted by Gasteiger charge is 2.41. The van der Waals surface area contributed by atoms with E-state index in [0.717, 1.165) is 17.8 Å². The van der Waals surface area contributed by atoms with Gasteiger partial charge in [-0.05, 0) is 18.2 Å². The van der Waals surface area contributed by atoms with Crippen molar-refractivity contribution in [3.8, 4) is 5.69 Å². The molecule has 148 valence electrons. The summed E-state index contributed by atoms with van der Waals surface area (Å²) in [6.07, 6.45) is 4.41. The number of nitrogens with zero attached hydrogens (tertiary/aromatic N) is 6. The zero-order valence-corrected chi connectivity index (χ0v) is 15.5. The predicted molar refractivity (Wildman–Crippen MR) is 100 cm³/mol. The number of para-hydroxylation sites is 1. The number of rotatable bonds is 6. The Kier molecular flexibility index (Phi) is 4.89. The summed E-state index contributed by atoms with van der Waals surface area (Å²) in [4.78, 5) is 3.87. The summed E-state index contributed by atoms with van der Waals surface area (Å²) in [7, 11) is 0. The Morgan fingerprint density at radius 1 is 1.14 bits per heavy atom. The first-order valence-corrected chi connectivity index (χ1v) is 8.95. The molecule has 0 aliphatic carbocycles. The third-order valence-corrected chi connectivity index (χ3v) is 4.96. The molecule has 0 aliphatic rings. The smallest absolute Gasteiger partial charge is 0.137 e. The second-order valence-electron chi connectivity index (χ2n) is 6.79. The second kappa shape index (κ2) is 7.51. The molecule has 7 nitrogen and oxygen atoms in total. The number of hydrogen-bond donors (Lipinski definition) is 1. The van der Waals surface area contributed by atoms with Crippen LogP contribution in [0, 0.1) is 11.6 Å². The van der Waals surface area contributed by atoms with Gasteiger partial charge in [0.25, 0.3) is 0 Å². The van der Waals surface area contributed by atoms with Gasteiger partial charge in [0.15, 0.2) is 0 Å². The van der Waals surface area contributed by atoms with Crippen molar-refractivity contribution in [1.29, 1.82) is 0 Å². The fourth-order valence-corrected chi connectivity index (χ4v) is 3.28. The Bertz CT molecular complexity index is 1100. The Labute approximate surface area is 165 Å². The van der Waals surface area contributed by atoms with Gasteiger partial charge in [-0.15, -0.1) is 5.10 Å². The van der Waals surface area contributed by atoms with Gasteiger partial charge in [0.05, 0.1) is 24.1 Å². The molecule has 4 rings (SSSR count). The third-order valence-electron chi connectivity index (χ3n) is 4.96. The average molecular weight is 396 g/mol. The lowest BCUT2D eigenvalue weighted by Crippen LogP contribution is -2.38. The van der Waals surface area contributed by atoms with Crippen molar-refractivity contribution in [3.05, 3.63) is 90.3 Å². The Balaban J connectivity index is 1.75. The molecule has 9 heteroatoms. The predicted octanol–water partition coefficient (Wildman–Crippen LogP) is 2.83. The molecule has 0 saturated heterocycles. The summed E-state index contributed by atoms with van der Waals surface area (Å²) in [5, 5.41) is 23.9. The summed E-state index contributed by atoms with van der Waals surface area (Å²) in [5.41, 5.74) is -0.592. The van der Waals surface area contributed by atoms with Gasteiger partial charge in [-0.1, -0.05) is 36.4 Å². The highest BCUT2D eigenvalue weighted by atomic mass is 19.1.